The van der Waals surface area contributed by atoms with Crippen molar-refractivity contribution in [2.75, 3.05) is 5.32 Å². The number of amides is 1. The molecule has 1 fully saturated rings. The summed E-state index contributed by atoms with van der Waals surface area (Å²) in [4.78, 5) is 16.0. The molecular formula is C12H17N3O2S. The highest BCUT2D eigenvalue weighted by Gasteiger charge is 2.19. The highest BCUT2D eigenvalue weighted by atomic mass is 32.1. The quantitative estimate of drug-likeness (QED) is 0.500. The van der Waals surface area contributed by atoms with Gasteiger partial charge >= 0.3 is 0 Å². The molecule has 1 aromatic rings. The number of carbonyl (C=O) groups is 1. The lowest BCUT2D eigenvalue weighted by atomic mass is 10.0. The van der Waals surface area contributed by atoms with E-state index in [1.54, 1.807) is 12.3 Å². The summed E-state index contributed by atoms with van der Waals surface area (Å²) in [6, 6.07) is 0. The normalized spacial score (nSPS) is 17.1. The molecule has 2 N–H and O–H groups in total. The Hall–Kier alpha value is -1.43. The van der Waals surface area contributed by atoms with Gasteiger partial charge in [0.2, 0.25) is 5.91 Å². The first-order valence-corrected chi connectivity index (χ1v) is 7.01. The summed E-state index contributed by atoms with van der Waals surface area (Å²) < 4.78 is 0. The molecule has 0 bridgehead atoms. The van der Waals surface area contributed by atoms with E-state index in [1.165, 1.54) is 24.2 Å². The predicted molar refractivity (Wildman–Crippen MR) is 71.3 cm³/mol. The molecule has 2 rings (SSSR count). The van der Waals surface area contributed by atoms with Crippen LogP contribution in [-0.4, -0.2) is 21.8 Å². The highest BCUT2D eigenvalue weighted by Crippen LogP contribution is 2.28. The van der Waals surface area contributed by atoms with Crippen molar-refractivity contribution in [2.24, 2.45) is 11.1 Å². The molecule has 0 saturated heterocycles. The zero-order valence-electron chi connectivity index (χ0n) is 10.3. The molecule has 98 valence electrons. The maximum absolute atomic E-state index is 11.8. The standard InChI is InChI=1S/C12H17N3O2S/c1-8(15-17)10-7-18-12(13-10)14-11(16)6-9-4-2-3-5-9/h7,9,17H,2-6H2,1H3,(H,13,14,16). The van der Waals surface area contributed by atoms with E-state index >= 15 is 0 Å². The van der Waals surface area contributed by atoms with Crippen LogP contribution in [0.2, 0.25) is 0 Å². The summed E-state index contributed by atoms with van der Waals surface area (Å²) >= 11 is 1.34. The highest BCUT2D eigenvalue weighted by molar-refractivity contribution is 7.14. The average molecular weight is 267 g/mol. The van der Waals surface area contributed by atoms with Crippen molar-refractivity contribution >= 4 is 28.1 Å². The van der Waals surface area contributed by atoms with Gasteiger partial charge in [-0.2, -0.15) is 0 Å². The van der Waals surface area contributed by atoms with Crippen LogP contribution in [-0.2, 0) is 4.79 Å². The van der Waals surface area contributed by atoms with Gasteiger partial charge in [0.05, 0.1) is 0 Å². The van der Waals surface area contributed by atoms with Crippen LogP contribution in [0.4, 0.5) is 5.13 Å². The van der Waals surface area contributed by atoms with E-state index < -0.39 is 0 Å². The molecule has 6 heteroatoms. The van der Waals surface area contributed by atoms with Gasteiger partial charge in [0.15, 0.2) is 5.13 Å². The molecule has 5 nitrogen and oxygen atoms in total. The van der Waals surface area contributed by atoms with Gasteiger partial charge in [-0.05, 0) is 25.7 Å². The lowest BCUT2D eigenvalue weighted by Crippen LogP contribution is -2.15. The average Bonchev–Trinajstić information content (AvgIpc) is 2.99. The van der Waals surface area contributed by atoms with Crippen LogP contribution in [0.25, 0.3) is 0 Å². The molecule has 0 aliphatic heterocycles. The van der Waals surface area contributed by atoms with Crippen molar-refractivity contribution in [2.45, 2.75) is 39.0 Å². The maximum Gasteiger partial charge on any atom is 0.226 e. The van der Waals surface area contributed by atoms with Crippen LogP contribution in [0, 0.1) is 5.92 Å². The van der Waals surface area contributed by atoms with Crippen molar-refractivity contribution < 1.29 is 10.0 Å². The molecule has 0 aromatic carbocycles. The Morgan fingerprint density at radius 1 is 1.61 bits per heavy atom. The Kier molecular flexibility index (Phi) is 4.30. The van der Waals surface area contributed by atoms with E-state index in [1.807, 2.05) is 0 Å². The number of anilines is 1. The Bertz CT molecular complexity index is 450. The van der Waals surface area contributed by atoms with Gasteiger partial charge in [-0.15, -0.1) is 11.3 Å². The first-order valence-electron chi connectivity index (χ1n) is 6.13. The number of nitrogens with one attached hydrogen (secondary N) is 1. The van der Waals surface area contributed by atoms with E-state index in [-0.39, 0.29) is 5.91 Å². The second kappa shape index (κ2) is 5.95. The van der Waals surface area contributed by atoms with Gasteiger partial charge in [0.25, 0.3) is 0 Å². The molecule has 0 unspecified atom stereocenters. The van der Waals surface area contributed by atoms with Crippen LogP contribution < -0.4 is 5.32 Å². The van der Waals surface area contributed by atoms with Crippen LogP contribution >= 0.6 is 11.3 Å². The summed E-state index contributed by atoms with van der Waals surface area (Å²) in [6.07, 6.45) is 5.39. The van der Waals surface area contributed by atoms with Gasteiger partial charge in [-0.3, -0.25) is 4.79 Å². The minimum Gasteiger partial charge on any atom is -0.411 e. The maximum atomic E-state index is 11.8. The van der Waals surface area contributed by atoms with E-state index in [9.17, 15) is 4.79 Å². The zero-order chi connectivity index (χ0) is 13.0. The molecular weight excluding hydrogens is 250 g/mol. The third-order valence-electron chi connectivity index (χ3n) is 3.22. The summed E-state index contributed by atoms with van der Waals surface area (Å²) in [5, 5.41) is 16.8. The van der Waals surface area contributed by atoms with Crippen molar-refractivity contribution in [1.82, 2.24) is 4.98 Å². The number of aromatic nitrogens is 1. The first-order chi connectivity index (χ1) is 8.69. The molecule has 0 radical (unpaired) electrons. The third kappa shape index (κ3) is 3.29. The second-order valence-corrected chi connectivity index (χ2v) is 5.48. The SMILES string of the molecule is CC(=NO)c1csc(NC(=O)CC2CCCC2)n1. The Balaban J connectivity index is 1.88. The van der Waals surface area contributed by atoms with Crippen LogP contribution in [0.1, 0.15) is 44.7 Å². The Morgan fingerprint density at radius 3 is 3.00 bits per heavy atom. The minimum atomic E-state index is 0.0291. The molecule has 1 aliphatic rings. The lowest BCUT2D eigenvalue weighted by Gasteiger charge is -2.07. The molecule has 1 heterocycles. The van der Waals surface area contributed by atoms with E-state index in [4.69, 9.17) is 5.21 Å². The molecule has 18 heavy (non-hydrogen) atoms. The predicted octanol–water partition coefficient (Wildman–Crippen LogP) is 2.86. The van der Waals surface area contributed by atoms with Gasteiger partial charge in [0.1, 0.15) is 11.4 Å². The van der Waals surface area contributed by atoms with E-state index in [2.05, 4.69) is 15.5 Å². The number of rotatable bonds is 4. The van der Waals surface area contributed by atoms with Crippen molar-refractivity contribution in [3.8, 4) is 0 Å². The topological polar surface area (TPSA) is 74.6 Å². The van der Waals surface area contributed by atoms with E-state index in [0.717, 1.165) is 12.8 Å². The Morgan fingerprint density at radius 2 is 2.33 bits per heavy atom. The van der Waals surface area contributed by atoms with Crippen molar-refractivity contribution in [3.05, 3.63) is 11.1 Å². The fourth-order valence-electron chi connectivity index (χ4n) is 2.20. The monoisotopic (exact) mass is 267 g/mol. The fraction of sp³-hybridized carbons (Fsp3) is 0.583. The number of oxime groups is 1. The fourth-order valence-corrected chi connectivity index (χ4v) is 2.97. The van der Waals surface area contributed by atoms with Crippen LogP contribution in [0.5, 0.6) is 0 Å². The van der Waals surface area contributed by atoms with Crippen LogP contribution in [0.3, 0.4) is 0 Å². The number of hydrogen-bond acceptors (Lipinski definition) is 5. The lowest BCUT2D eigenvalue weighted by molar-refractivity contribution is -0.117. The van der Waals surface area contributed by atoms with Crippen molar-refractivity contribution in [3.63, 3.8) is 0 Å². The summed E-state index contributed by atoms with van der Waals surface area (Å²) in [7, 11) is 0. The first kappa shape index (κ1) is 13.0. The molecule has 0 atom stereocenters. The van der Waals surface area contributed by atoms with Gasteiger partial charge < -0.3 is 10.5 Å². The van der Waals surface area contributed by atoms with E-state index in [0.29, 0.717) is 28.9 Å². The molecule has 0 spiro atoms. The molecule has 1 aromatic heterocycles. The van der Waals surface area contributed by atoms with Crippen LogP contribution in [0.15, 0.2) is 10.5 Å². The Labute approximate surface area is 110 Å². The number of thiazole rings is 1. The molecule has 1 saturated carbocycles. The van der Waals surface area contributed by atoms with Gasteiger partial charge in [-0.1, -0.05) is 18.0 Å². The third-order valence-corrected chi connectivity index (χ3v) is 3.98. The molecule has 1 amide bonds. The van der Waals surface area contributed by atoms with Gasteiger partial charge in [-0.25, -0.2) is 4.98 Å². The minimum absolute atomic E-state index is 0.0291. The molecule has 1 aliphatic carbocycles. The summed E-state index contributed by atoms with van der Waals surface area (Å²) in [5.41, 5.74) is 1.04. The second-order valence-electron chi connectivity index (χ2n) is 4.63. The summed E-state index contributed by atoms with van der Waals surface area (Å²) in [5.74, 6) is 0.562. The number of carbonyl (C=O) groups excluding carboxylic acids is 1. The van der Waals surface area contributed by atoms with Crippen molar-refractivity contribution in [1.29, 1.82) is 0 Å². The number of hydrogen-bond donors (Lipinski definition) is 2. The number of nitrogens with zero attached hydrogens (tertiary/aromatic N) is 2. The smallest absolute Gasteiger partial charge is 0.226 e. The largest absolute Gasteiger partial charge is 0.411 e. The zero-order valence-corrected chi connectivity index (χ0v) is 11.2. The van der Waals surface area contributed by atoms with Gasteiger partial charge in [0, 0.05) is 11.8 Å². The summed E-state index contributed by atoms with van der Waals surface area (Å²) in [6.45, 7) is 1.67.